The Bertz CT molecular complexity index is 1020. The minimum Gasteiger partial charge on any atom is -0.478 e. The second-order valence-electron chi connectivity index (χ2n) is 8.03. The number of benzene rings is 2. The molecule has 176 valence electrons. The first-order valence-corrected chi connectivity index (χ1v) is 10.6. The summed E-state index contributed by atoms with van der Waals surface area (Å²) in [5, 5.41) is 12.3. The number of hydrogen-bond donors (Lipinski definition) is 2. The van der Waals surface area contributed by atoms with Crippen molar-refractivity contribution in [2.24, 2.45) is 0 Å². The number of carboxylic acid groups (broad SMARTS) is 1. The third-order valence-corrected chi connectivity index (χ3v) is 4.71. The van der Waals surface area contributed by atoms with Crippen LogP contribution in [0.25, 0.3) is 0 Å². The summed E-state index contributed by atoms with van der Waals surface area (Å²) in [6.07, 6.45) is -3.34. The molecule has 0 aliphatic rings. The predicted molar refractivity (Wildman–Crippen MR) is 121 cm³/mol. The highest BCUT2D eigenvalue weighted by atomic mass is 16.6. The number of carbonyl (C=O) groups is 4. The maximum Gasteiger partial charge on any atom is 0.349 e. The lowest BCUT2D eigenvalue weighted by Crippen LogP contribution is -2.50. The summed E-state index contributed by atoms with van der Waals surface area (Å²) in [6.45, 7) is 9.19. The van der Waals surface area contributed by atoms with E-state index in [4.69, 9.17) is 9.47 Å². The van der Waals surface area contributed by atoms with E-state index in [0.29, 0.717) is 6.42 Å². The van der Waals surface area contributed by atoms with Gasteiger partial charge in [0.15, 0.2) is 0 Å². The van der Waals surface area contributed by atoms with E-state index in [1.807, 2.05) is 19.1 Å². The SMILES string of the molecule is CCCNC(=O)[C@H](OC(=O)c1cc(C)cc(C)c1)[C@@H](OC(=O)c1cc(C)cc(C)c1)C(=O)O. The first-order chi connectivity index (χ1) is 15.5. The molecule has 0 bridgehead atoms. The van der Waals surface area contributed by atoms with Crippen LogP contribution in [0.3, 0.4) is 0 Å². The molecule has 0 aromatic heterocycles. The number of aryl methyl sites for hydroxylation is 4. The molecule has 2 aromatic carbocycles. The maximum atomic E-state index is 12.8. The Kier molecular flexibility index (Phi) is 8.73. The van der Waals surface area contributed by atoms with Crippen molar-refractivity contribution in [1.82, 2.24) is 5.32 Å². The molecule has 0 radical (unpaired) electrons. The van der Waals surface area contributed by atoms with E-state index in [0.717, 1.165) is 22.3 Å². The van der Waals surface area contributed by atoms with Gasteiger partial charge in [0.2, 0.25) is 12.2 Å². The number of hydrogen-bond acceptors (Lipinski definition) is 6. The van der Waals surface area contributed by atoms with E-state index in [9.17, 15) is 24.3 Å². The Morgan fingerprint density at radius 2 is 1.15 bits per heavy atom. The van der Waals surface area contributed by atoms with Crippen LogP contribution in [0.5, 0.6) is 0 Å². The summed E-state index contributed by atoms with van der Waals surface area (Å²) >= 11 is 0. The van der Waals surface area contributed by atoms with Crippen molar-refractivity contribution in [3.8, 4) is 0 Å². The number of ether oxygens (including phenoxy) is 2. The molecule has 0 unspecified atom stereocenters. The Balaban J connectivity index is 2.36. The van der Waals surface area contributed by atoms with Crippen LogP contribution in [0.4, 0.5) is 0 Å². The molecule has 33 heavy (non-hydrogen) atoms. The highest BCUT2D eigenvalue weighted by Gasteiger charge is 2.40. The van der Waals surface area contributed by atoms with Gasteiger partial charge in [-0.1, -0.05) is 41.3 Å². The van der Waals surface area contributed by atoms with Gasteiger partial charge in [0, 0.05) is 6.54 Å². The molecule has 1 amide bonds. The van der Waals surface area contributed by atoms with Gasteiger partial charge in [-0.3, -0.25) is 4.79 Å². The average molecular weight is 456 g/mol. The van der Waals surface area contributed by atoms with E-state index in [1.165, 1.54) is 0 Å². The maximum absolute atomic E-state index is 12.8. The van der Waals surface area contributed by atoms with Crippen molar-refractivity contribution in [2.75, 3.05) is 6.54 Å². The molecule has 0 saturated heterocycles. The number of esters is 2. The summed E-state index contributed by atoms with van der Waals surface area (Å²) in [5.41, 5.74) is 3.45. The Morgan fingerprint density at radius 1 is 0.758 bits per heavy atom. The van der Waals surface area contributed by atoms with Crippen LogP contribution in [-0.2, 0) is 19.1 Å². The zero-order valence-electron chi connectivity index (χ0n) is 19.4. The van der Waals surface area contributed by atoms with Gasteiger partial charge in [-0.05, 0) is 58.4 Å². The van der Waals surface area contributed by atoms with Crippen molar-refractivity contribution in [2.45, 2.75) is 53.2 Å². The van der Waals surface area contributed by atoms with Crippen LogP contribution in [0.1, 0.15) is 56.3 Å². The zero-order chi connectivity index (χ0) is 24.7. The smallest absolute Gasteiger partial charge is 0.349 e. The standard InChI is InChI=1S/C25H29NO7/c1-6-7-26-22(27)20(32-24(30)18-10-14(2)8-15(3)11-18)21(23(28)29)33-25(31)19-12-16(4)9-17(5)13-19/h8-13,20-21H,6-7H2,1-5H3,(H,26,27)(H,28,29)/t20-,21-/m1/s1. The van der Waals surface area contributed by atoms with Gasteiger partial charge in [0.1, 0.15) is 0 Å². The van der Waals surface area contributed by atoms with Crippen molar-refractivity contribution in [3.05, 3.63) is 69.8 Å². The molecule has 0 heterocycles. The Hall–Kier alpha value is -3.68. The number of amides is 1. The van der Waals surface area contributed by atoms with Gasteiger partial charge in [-0.2, -0.15) is 0 Å². The predicted octanol–water partition coefficient (Wildman–Crippen LogP) is 3.28. The van der Waals surface area contributed by atoms with E-state index in [-0.39, 0.29) is 17.7 Å². The van der Waals surface area contributed by atoms with Crippen LogP contribution in [-0.4, -0.2) is 47.7 Å². The highest BCUT2D eigenvalue weighted by molar-refractivity contribution is 5.97. The fourth-order valence-electron chi connectivity index (χ4n) is 3.40. The number of nitrogens with one attached hydrogen (secondary N) is 1. The normalized spacial score (nSPS) is 12.4. The first kappa shape index (κ1) is 25.6. The zero-order valence-corrected chi connectivity index (χ0v) is 19.4. The second-order valence-corrected chi connectivity index (χ2v) is 8.03. The molecule has 2 rings (SSSR count). The van der Waals surface area contributed by atoms with Gasteiger partial charge < -0.3 is 19.9 Å². The minimum atomic E-state index is -2.04. The second kappa shape index (κ2) is 11.3. The van der Waals surface area contributed by atoms with Crippen LogP contribution in [0, 0.1) is 27.7 Å². The van der Waals surface area contributed by atoms with Gasteiger partial charge >= 0.3 is 17.9 Å². The topological polar surface area (TPSA) is 119 Å². The summed E-state index contributed by atoms with van der Waals surface area (Å²) in [4.78, 5) is 50.2. The number of carboxylic acids is 1. The molecule has 0 aliphatic carbocycles. The van der Waals surface area contributed by atoms with Crippen molar-refractivity contribution >= 4 is 23.8 Å². The van der Waals surface area contributed by atoms with E-state index in [1.54, 1.807) is 52.0 Å². The minimum absolute atomic E-state index is 0.132. The summed E-state index contributed by atoms with van der Waals surface area (Å²) < 4.78 is 10.5. The summed E-state index contributed by atoms with van der Waals surface area (Å²) in [5.74, 6) is -4.31. The van der Waals surface area contributed by atoms with Crippen LogP contribution in [0.15, 0.2) is 36.4 Å². The number of rotatable bonds is 9. The monoisotopic (exact) mass is 455 g/mol. The van der Waals surface area contributed by atoms with Gasteiger partial charge in [0.05, 0.1) is 11.1 Å². The molecule has 2 N–H and O–H groups in total. The quantitative estimate of drug-likeness (QED) is 0.557. The molecule has 0 fully saturated rings. The molecule has 8 nitrogen and oxygen atoms in total. The third kappa shape index (κ3) is 7.17. The summed E-state index contributed by atoms with van der Waals surface area (Å²) in [7, 11) is 0. The lowest BCUT2D eigenvalue weighted by atomic mass is 10.1. The van der Waals surface area contributed by atoms with E-state index >= 15 is 0 Å². The average Bonchev–Trinajstić information content (AvgIpc) is 2.72. The Labute approximate surface area is 192 Å². The first-order valence-electron chi connectivity index (χ1n) is 10.6. The molecular weight excluding hydrogens is 426 g/mol. The van der Waals surface area contributed by atoms with Gasteiger partial charge in [0.25, 0.3) is 5.91 Å². The number of aliphatic carboxylic acids is 1. The lowest BCUT2D eigenvalue weighted by Gasteiger charge is -2.23. The molecule has 0 saturated carbocycles. The molecular formula is C25H29NO7. The molecule has 2 aromatic rings. The van der Waals surface area contributed by atoms with Crippen LogP contribution in [0.2, 0.25) is 0 Å². The molecule has 2 atom stereocenters. The van der Waals surface area contributed by atoms with E-state index in [2.05, 4.69) is 5.32 Å². The van der Waals surface area contributed by atoms with Crippen LogP contribution >= 0.6 is 0 Å². The summed E-state index contributed by atoms with van der Waals surface area (Å²) in [6, 6.07) is 9.91. The van der Waals surface area contributed by atoms with Crippen molar-refractivity contribution in [1.29, 1.82) is 0 Å². The van der Waals surface area contributed by atoms with Crippen LogP contribution < -0.4 is 5.32 Å². The van der Waals surface area contributed by atoms with E-state index < -0.39 is 36.0 Å². The highest BCUT2D eigenvalue weighted by Crippen LogP contribution is 2.17. The van der Waals surface area contributed by atoms with Crippen molar-refractivity contribution in [3.63, 3.8) is 0 Å². The lowest BCUT2D eigenvalue weighted by molar-refractivity contribution is -0.159. The fourth-order valence-corrected chi connectivity index (χ4v) is 3.40. The van der Waals surface area contributed by atoms with Gasteiger partial charge in [-0.15, -0.1) is 0 Å². The molecule has 8 heteroatoms. The largest absolute Gasteiger partial charge is 0.478 e. The molecule has 0 spiro atoms. The van der Waals surface area contributed by atoms with Crippen molar-refractivity contribution < 1.29 is 33.8 Å². The number of carbonyl (C=O) groups excluding carboxylic acids is 3. The Morgan fingerprint density at radius 3 is 1.52 bits per heavy atom. The third-order valence-electron chi connectivity index (χ3n) is 4.71. The van der Waals surface area contributed by atoms with Gasteiger partial charge in [-0.25, -0.2) is 14.4 Å². The molecule has 0 aliphatic heterocycles. The fraction of sp³-hybridized carbons (Fsp3) is 0.360.